The first-order chi connectivity index (χ1) is 13.7. The molecule has 1 aromatic carbocycles. The predicted octanol–water partition coefficient (Wildman–Crippen LogP) is 4.72. The molecule has 0 spiro atoms. The number of aryl methyl sites for hydroxylation is 1. The van der Waals surface area contributed by atoms with Crippen LogP contribution < -0.4 is 5.32 Å². The monoisotopic (exact) mass is 413 g/mol. The number of likely N-dealkylation sites (tertiary alicyclic amines) is 1. The highest BCUT2D eigenvalue weighted by molar-refractivity contribution is 7.13. The van der Waals surface area contributed by atoms with Crippen LogP contribution in [-0.2, 0) is 9.59 Å². The fourth-order valence-corrected chi connectivity index (χ4v) is 4.60. The predicted molar refractivity (Wildman–Crippen MR) is 118 cm³/mol. The van der Waals surface area contributed by atoms with Crippen LogP contribution in [0.4, 0.5) is 0 Å². The Morgan fingerprint density at radius 3 is 2.55 bits per heavy atom. The van der Waals surface area contributed by atoms with Crippen molar-refractivity contribution in [3.63, 3.8) is 0 Å². The molecule has 2 amide bonds. The third-order valence-electron chi connectivity index (χ3n) is 5.33. The second kappa shape index (κ2) is 8.66. The van der Waals surface area contributed by atoms with E-state index in [1.54, 1.807) is 16.2 Å². The third kappa shape index (κ3) is 5.24. The van der Waals surface area contributed by atoms with Gasteiger partial charge in [-0.15, -0.1) is 11.3 Å². The number of thiazole rings is 1. The van der Waals surface area contributed by atoms with Crippen LogP contribution in [0.25, 0.3) is 10.4 Å². The molecule has 0 radical (unpaired) electrons. The Bertz CT molecular complexity index is 867. The molecule has 2 heterocycles. The van der Waals surface area contributed by atoms with Gasteiger partial charge in [0.05, 0.1) is 22.1 Å². The summed E-state index contributed by atoms with van der Waals surface area (Å²) < 4.78 is 0. The molecular formula is C23H31N3O2S. The smallest absolute Gasteiger partial charge is 0.243 e. The average molecular weight is 414 g/mol. The number of rotatable bonds is 5. The Balaban J connectivity index is 1.64. The topological polar surface area (TPSA) is 62.3 Å². The van der Waals surface area contributed by atoms with Crippen molar-refractivity contribution >= 4 is 23.2 Å². The molecule has 2 atom stereocenters. The van der Waals surface area contributed by atoms with Crippen LogP contribution in [0.2, 0.25) is 0 Å². The van der Waals surface area contributed by atoms with Gasteiger partial charge in [-0.3, -0.25) is 9.59 Å². The summed E-state index contributed by atoms with van der Waals surface area (Å²) >= 11 is 1.63. The summed E-state index contributed by atoms with van der Waals surface area (Å²) in [6.07, 6.45) is 2.08. The maximum atomic E-state index is 12.9. The number of amides is 2. The van der Waals surface area contributed by atoms with Gasteiger partial charge in [0.1, 0.15) is 6.04 Å². The highest BCUT2D eigenvalue weighted by Crippen LogP contribution is 2.29. The number of carbonyl (C=O) groups excluding carboxylic acids is 2. The van der Waals surface area contributed by atoms with Crippen molar-refractivity contribution in [3.8, 4) is 10.4 Å². The lowest BCUT2D eigenvalue weighted by atomic mass is 9.91. The molecule has 0 saturated carbocycles. The van der Waals surface area contributed by atoms with E-state index in [0.717, 1.165) is 29.7 Å². The van der Waals surface area contributed by atoms with Gasteiger partial charge < -0.3 is 10.2 Å². The van der Waals surface area contributed by atoms with Gasteiger partial charge in [0.2, 0.25) is 11.8 Å². The Morgan fingerprint density at radius 1 is 1.28 bits per heavy atom. The molecule has 5 nitrogen and oxygen atoms in total. The third-order valence-corrected chi connectivity index (χ3v) is 6.31. The van der Waals surface area contributed by atoms with Gasteiger partial charge in [-0.25, -0.2) is 4.98 Å². The molecule has 0 aliphatic carbocycles. The Morgan fingerprint density at radius 2 is 1.97 bits per heavy atom. The van der Waals surface area contributed by atoms with Crippen LogP contribution >= 0.6 is 11.3 Å². The normalized spacial score (nSPS) is 18.0. The summed E-state index contributed by atoms with van der Waals surface area (Å²) in [4.78, 5) is 32.8. The number of hydrogen-bond acceptors (Lipinski definition) is 4. The van der Waals surface area contributed by atoms with E-state index < -0.39 is 0 Å². The first-order valence-electron chi connectivity index (χ1n) is 10.3. The highest BCUT2D eigenvalue weighted by atomic mass is 32.1. The summed E-state index contributed by atoms with van der Waals surface area (Å²) in [5.41, 5.74) is 5.00. The summed E-state index contributed by atoms with van der Waals surface area (Å²) in [6.45, 7) is 10.8. The number of nitrogens with one attached hydrogen (secondary N) is 1. The van der Waals surface area contributed by atoms with Gasteiger partial charge in [-0.1, -0.05) is 45.0 Å². The second-order valence-corrected chi connectivity index (χ2v) is 9.96. The van der Waals surface area contributed by atoms with Crippen molar-refractivity contribution in [1.82, 2.24) is 15.2 Å². The zero-order chi connectivity index (χ0) is 21.2. The highest BCUT2D eigenvalue weighted by Gasteiger charge is 2.35. The fraction of sp³-hybridized carbons (Fsp3) is 0.522. The molecule has 1 saturated heterocycles. The zero-order valence-corrected chi connectivity index (χ0v) is 18.8. The van der Waals surface area contributed by atoms with Crippen LogP contribution in [0.1, 0.15) is 64.3 Å². The Labute approximate surface area is 177 Å². The van der Waals surface area contributed by atoms with Crippen molar-refractivity contribution in [2.45, 2.75) is 66.0 Å². The number of aromatic nitrogens is 1. The minimum Gasteiger partial charge on any atom is -0.348 e. The molecule has 1 fully saturated rings. The van der Waals surface area contributed by atoms with Crippen molar-refractivity contribution in [1.29, 1.82) is 0 Å². The second-order valence-electron chi connectivity index (χ2n) is 9.10. The molecule has 2 aromatic rings. The first-order valence-corrected chi connectivity index (χ1v) is 11.1. The van der Waals surface area contributed by atoms with E-state index in [0.29, 0.717) is 13.0 Å². The van der Waals surface area contributed by atoms with E-state index >= 15 is 0 Å². The quantitative estimate of drug-likeness (QED) is 0.771. The summed E-state index contributed by atoms with van der Waals surface area (Å²) in [5, 5.41) is 3.11. The molecule has 1 aromatic heterocycles. The molecule has 3 rings (SSSR count). The first kappa shape index (κ1) is 21.5. The number of benzene rings is 1. The van der Waals surface area contributed by atoms with Gasteiger partial charge in [0.25, 0.3) is 0 Å². The maximum absolute atomic E-state index is 12.9. The van der Waals surface area contributed by atoms with Gasteiger partial charge >= 0.3 is 0 Å². The van der Waals surface area contributed by atoms with Crippen molar-refractivity contribution in [3.05, 3.63) is 41.0 Å². The summed E-state index contributed by atoms with van der Waals surface area (Å²) in [7, 11) is 0. The standard InChI is InChI=1S/C23H31N3O2S/c1-15(17-8-10-18(11-9-17)21-16(2)24-14-29-21)25-22(28)19-7-6-12-26(19)20(27)13-23(3,4)5/h8-11,14-15,19H,6-7,12-13H2,1-5H3,(H,25,28). The largest absolute Gasteiger partial charge is 0.348 e. The van der Waals surface area contributed by atoms with E-state index in [2.05, 4.69) is 55.3 Å². The van der Waals surface area contributed by atoms with Gasteiger partial charge in [0, 0.05) is 13.0 Å². The number of carbonyl (C=O) groups is 2. The molecule has 1 N–H and O–H groups in total. The number of hydrogen-bond donors (Lipinski definition) is 1. The van der Waals surface area contributed by atoms with Crippen LogP contribution in [0, 0.1) is 12.3 Å². The van der Waals surface area contributed by atoms with Gasteiger partial charge in [0.15, 0.2) is 0 Å². The minimum atomic E-state index is -0.355. The molecular weight excluding hydrogens is 382 g/mol. The van der Waals surface area contributed by atoms with Gasteiger partial charge in [-0.05, 0) is 43.2 Å². The average Bonchev–Trinajstić information content (AvgIpc) is 3.29. The van der Waals surface area contributed by atoms with Crippen LogP contribution in [0.15, 0.2) is 29.8 Å². The van der Waals surface area contributed by atoms with Crippen molar-refractivity contribution in [2.75, 3.05) is 6.54 Å². The molecule has 29 heavy (non-hydrogen) atoms. The zero-order valence-electron chi connectivity index (χ0n) is 18.0. The molecule has 156 valence electrons. The van der Waals surface area contributed by atoms with E-state index in [4.69, 9.17) is 0 Å². The Kier molecular flexibility index (Phi) is 6.42. The number of nitrogens with zero attached hydrogens (tertiary/aromatic N) is 2. The fourth-order valence-electron chi connectivity index (χ4n) is 3.79. The van der Waals surface area contributed by atoms with Crippen molar-refractivity contribution < 1.29 is 9.59 Å². The van der Waals surface area contributed by atoms with Crippen LogP contribution in [-0.4, -0.2) is 34.3 Å². The SMILES string of the molecule is Cc1ncsc1-c1ccc(C(C)NC(=O)C2CCCN2C(=O)CC(C)(C)C)cc1. The lowest BCUT2D eigenvalue weighted by Gasteiger charge is -2.28. The molecule has 0 bridgehead atoms. The maximum Gasteiger partial charge on any atom is 0.243 e. The molecule has 6 heteroatoms. The van der Waals surface area contributed by atoms with E-state index in [-0.39, 0.29) is 29.3 Å². The summed E-state index contributed by atoms with van der Waals surface area (Å²) in [5.74, 6) is 0.0201. The van der Waals surface area contributed by atoms with E-state index in [1.807, 2.05) is 19.4 Å². The van der Waals surface area contributed by atoms with Crippen LogP contribution in [0.3, 0.4) is 0 Å². The van der Waals surface area contributed by atoms with E-state index in [9.17, 15) is 9.59 Å². The minimum absolute atomic E-state index is 0.0559. The molecule has 1 aliphatic heterocycles. The van der Waals surface area contributed by atoms with E-state index in [1.165, 1.54) is 4.88 Å². The van der Waals surface area contributed by atoms with Crippen molar-refractivity contribution in [2.24, 2.45) is 5.41 Å². The molecule has 2 unspecified atom stereocenters. The lowest BCUT2D eigenvalue weighted by molar-refractivity contribution is -0.140. The summed E-state index contributed by atoms with van der Waals surface area (Å²) in [6, 6.07) is 7.79. The Hall–Kier alpha value is -2.21. The lowest BCUT2D eigenvalue weighted by Crippen LogP contribution is -2.47. The van der Waals surface area contributed by atoms with Crippen LogP contribution in [0.5, 0.6) is 0 Å². The molecule has 1 aliphatic rings. The van der Waals surface area contributed by atoms with Gasteiger partial charge in [-0.2, -0.15) is 0 Å².